The Kier molecular flexibility index (Phi) is 5.37. The first-order valence-electron chi connectivity index (χ1n) is 8.42. The number of para-hydroxylation sites is 2. The van der Waals surface area contributed by atoms with Crippen LogP contribution in [0.1, 0.15) is 31.7 Å². The summed E-state index contributed by atoms with van der Waals surface area (Å²) in [6, 6.07) is 8.73. The molecule has 1 aromatic carbocycles. The van der Waals surface area contributed by atoms with E-state index < -0.39 is 0 Å². The van der Waals surface area contributed by atoms with Crippen molar-refractivity contribution in [2.75, 3.05) is 5.32 Å². The molecule has 3 rings (SSSR count). The number of nitrogens with one attached hydrogen (secondary N) is 1. The van der Waals surface area contributed by atoms with Crippen molar-refractivity contribution in [2.24, 2.45) is 5.92 Å². The highest BCUT2D eigenvalue weighted by Gasteiger charge is 2.11. The van der Waals surface area contributed by atoms with Gasteiger partial charge in [0.1, 0.15) is 12.4 Å². The average molecular weight is 371 g/mol. The van der Waals surface area contributed by atoms with E-state index in [1.807, 2.05) is 38.3 Å². The van der Waals surface area contributed by atoms with E-state index in [1.165, 1.54) is 17.4 Å². The van der Waals surface area contributed by atoms with E-state index in [1.54, 1.807) is 16.5 Å². The van der Waals surface area contributed by atoms with Crippen LogP contribution in [0.2, 0.25) is 0 Å². The van der Waals surface area contributed by atoms with Crippen molar-refractivity contribution in [3.63, 3.8) is 0 Å². The van der Waals surface area contributed by atoms with E-state index in [0.29, 0.717) is 28.5 Å². The quantitative estimate of drug-likeness (QED) is 0.718. The van der Waals surface area contributed by atoms with Crippen molar-refractivity contribution in [2.45, 2.75) is 33.8 Å². The lowest BCUT2D eigenvalue weighted by molar-refractivity contribution is -0.116. The molecule has 0 saturated heterocycles. The molecule has 0 bridgehead atoms. The van der Waals surface area contributed by atoms with Crippen LogP contribution in [0.4, 0.5) is 5.69 Å². The summed E-state index contributed by atoms with van der Waals surface area (Å²) in [5.74, 6) is 0.776. The molecular weight excluding hydrogens is 350 g/mol. The molecule has 2 aromatic heterocycles. The van der Waals surface area contributed by atoms with Crippen LogP contribution < -0.4 is 15.6 Å². The summed E-state index contributed by atoms with van der Waals surface area (Å²) < 4.78 is 7.40. The van der Waals surface area contributed by atoms with Crippen molar-refractivity contribution in [3.8, 4) is 5.75 Å². The van der Waals surface area contributed by atoms with Gasteiger partial charge in [0.25, 0.3) is 5.56 Å². The Morgan fingerprint density at radius 1 is 1.35 bits per heavy atom. The summed E-state index contributed by atoms with van der Waals surface area (Å²) in [6.45, 7) is 6.02. The number of thiazole rings is 1. The van der Waals surface area contributed by atoms with Gasteiger partial charge in [-0.1, -0.05) is 26.0 Å². The van der Waals surface area contributed by atoms with E-state index in [2.05, 4.69) is 10.3 Å². The number of benzene rings is 1. The molecule has 0 aliphatic carbocycles. The van der Waals surface area contributed by atoms with Gasteiger partial charge in [-0.05, 0) is 25.0 Å². The largest absolute Gasteiger partial charge is 0.485 e. The molecule has 0 saturated carbocycles. The van der Waals surface area contributed by atoms with Gasteiger partial charge in [0.15, 0.2) is 4.96 Å². The number of hydrogen-bond acceptors (Lipinski definition) is 5. The normalized spacial score (nSPS) is 11.1. The van der Waals surface area contributed by atoms with Crippen LogP contribution in [-0.2, 0) is 11.4 Å². The van der Waals surface area contributed by atoms with Crippen molar-refractivity contribution in [1.29, 1.82) is 0 Å². The number of aromatic nitrogens is 2. The molecule has 1 amide bonds. The summed E-state index contributed by atoms with van der Waals surface area (Å²) in [7, 11) is 0. The van der Waals surface area contributed by atoms with Crippen LogP contribution in [0.5, 0.6) is 5.75 Å². The first-order chi connectivity index (χ1) is 12.4. The molecule has 1 N–H and O–H groups in total. The SMILES string of the molecule is Cc1csc2nc(COc3ccccc3NC(=O)CC(C)C)cc(=O)n12. The Bertz CT molecular complexity index is 991. The second kappa shape index (κ2) is 7.70. The lowest BCUT2D eigenvalue weighted by Gasteiger charge is -2.13. The average Bonchev–Trinajstić information content (AvgIpc) is 2.95. The fourth-order valence-electron chi connectivity index (χ4n) is 2.59. The second-order valence-electron chi connectivity index (χ2n) is 6.51. The molecule has 26 heavy (non-hydrogen) atoms. The van der Waals surface area contributed by atoms with Crippen LogP contribution >= 0.6 is 11.3 Å². The number of carbonyl (C=O) groups excluding carboxylic acids is 1. The molecule has 0 spiro atoms. The number of carbonyl (C=O) groups is 1. The zero-order valence-corrected chi connectivity index (χ0v) is 15.8. The zero-order valence-electron chi connectivity index (χ0n) is 15.0. The van der Waals surface area contributed by atoms with Crippen LogP contribution in [0.25, 0.3) is 4.96 Å². The number of nitrogens with zero attached hydrogens (tertiary/aromatic N) is 2. The molecule has 0 aliphatic heterocycles. The third kappa shape index (κ3) is 4.11. The van der Waals surface area contributed by atoms with Crippen LogP contribution in [0.15, 0.2) is 40.5 Å². The van der Waals surface area contributed by atoms with Crippen LogP contribution in [0, 0.1) is 12.8 Å². The maximum absolute atomic E-state index is 12.2. The predicted molar refractivity (Wildman–Crippen MR) is 103 cm³/mol. The minimum absolute atomic E-state index is 0.0529. The van der Waals surface area contributed by atoms with Crippen molar-refractivity contribution < 1.29 is 9.53 Å². The van der Waals surface area contributed by atoms with Gasteiger partial charge >= 0.3 is 0 Å². The first kappa shape index (κ1) is 18.1. The first-order valence-corrected chi connectivity index (χ1v) is 9.30. The van der Waals surface area contributed by atoms with Gasteiger partial charge in [-0.2, -0.15) is 0 Å². The van der Waals surface area contributed by atoms with Gasteiger partial charge in [-0.15, -0.1) is 11.3 Å². The smallest absolute Gasteiger partial charge is 0.259 e. The number of rotatable bonds is 6. The van der Waals surface area contributed by atoms with Gasteiger partial charge in [0, 0.05) is 23.6 Å². The van der Waals surface area contributed by atoms with Crippen molar-refractivity contribution >= 4 is 27.9 Å². The fraction of sp³-hybridized carbons (Fsp3) is 0.316. The molecule has 3 aromatic rings. The Morgan fingerprint density at radius 3 is 2.88 bits per heavy atom. The Labute approximate surface area is 155 Å². The van der Waals surface area contributed by atoms with E-state index in [0.717, 1.165) is 5.69 Å². The summed E-state index contributed by atoms with van der Waals surface area (Å²) in [6.07, 6.45) is 0.445. The maximum Gasteiger partial charge on any atom is 0.259 e. The van der Waals surface area contributed by atoms with Crippen molar-refractivity contribution in [1.82, 2.24) is 9.38 Å². The molecule has 0 aliphatic rings. The third-order valence-electron chi connectivity index (χ3n) is 3.76. The van der Waals surface area contributed by atoms with E-state index in [4.69, 9.17) is 4.74 Å². The van der Waals surface area contributed by atoms with E-state index >= 15 is 0 Å². The van der Waals surface area contributed by atoms with E-state index in [-0.39, 0.29) is 24.0 Å². The van der Waals surface area contributed by atoms with E-state index in [9.17, 15) is 9.59 Å². The fourth-order valence-corrected chi connectivity index (χ4v) is 3.49. The van der Waals surface area contributed by atoms with Crippen LogP contribution in [0.3, 0.4) is 0 Å². The molecule has 0 radical (unpaired) electrons. The number of anilines is 1. The highest BCUT2D eigenvalue weighted by molar-refractivity contribution is 7.15. The molecule has 136 valence electrons. The molecule has 7 heteroatoms. The lowest BCUT2D eigenvalue weighted by atomic mass is 10.1. The summed E-state index contributed by atoms with van der Waals surface area (Å²) in [5, 5.41) is 4.77. The summed E-state index contributed by atoms with van der Waals surface area (Å²) in [5.41, 5.74) is 1.92. The summed E-state index contributed by atoms with van der Waals surface area (Å²) in [4.78, 5) is 29.4. The van der Waals surface area contributed by atoms with Crippen molar-refractivity contribution in [3.05, 3.63) is 57.5 Å². The van der Waals surface area contributed by atoms with Gasteiger partial charge in [-0.3, -0.25) is 14.0 Å². The Morgan fingerprint density at radius 2 is 2.12 bits per heavy atom. The number of hydrogen-bond donors (Lipinski definition) is 1. The minimum atomic E-state index is -0.120. The Balaban J connectivity index is 1.76. The number of fused-ring (bicyclic) bond motifs is 1. The Hall–Kier alpha value is -2.67. The van der Waals surface area contributed by atoms with Gasteiger partial charge in [0.2, 0.25) is 5.91 Å². The topological polar surface area (TPSA) is 72.7 Å². The van der Waals surface area contributed by atoms with Gasteiger partial charge in [0.05, 0.1) is 11.4 Å². The standard InChI is InChI=1S/C19H21N3O3S/c1-12(2)8-17(23)21-15-6-4-5-7-16(15)25-10-14-9-18(24)22-13(3)11-26-19(22)20-14/h4-7,9,11-12H,8,10H2,1-3H3,(H,21,23). The summed E-state index contributed by atoms with van der Waals surface area (Å²) >= 11 is 1.42. The number of aryl methyl sites for hydroxylation is 1. The van der Waals surface area contributed by atoms with Gasteiger partial charge in [-0.25, -0.2) is 4.98 Å². The van der Waals surface area contributed by atoms with Crippen LogP contribution in [-0.4, -0.2) is 15.3 Å². The number of amides is 1. The third-order valence-corrected chi connectivity index (χ3v) is 4.70. The predicted octanol–water partition coefficient (Wildman–Crippen LogP) is 3.63. The molecule has 0 atom stereocenters. The highest BCUT2D eigenvalue weighted by Crippen LogP contribution is 2.25. The van der Waals surface area contributed by atoms with Gasteiger partial charge < -0.3 is 10.1 Å². The molecule has 6 nitrogen and oxygen atoms in total. The lowest BCUT2D eigenvalue weighted by Crippen LogP contribution is -2.16. The second-order valence-corrected chi connectivity index (χ2v) is 7.35. The number of ether oxygens (including phenoxy) is 1. The molecule has 2 heterocycles. The monoisotopic (exact) mass is 371 g/mol. The zero-order chi connectivity index (χ0) is 18.7. The maximum atomic E-state index is 12.2. The highest BCUT2D eigenvalue weighted by atomic mass is 32.1. The minimum Gasteiger partial charge on any atom is -0.485 e. The molecule has 0 unspecified atom stereocenters. The molecule has 0 fully saturated rings. The molecular formula is C19H21N3O3S.